The Morgan fingerprint density at radius 2 is 1.78 bits per heavy atom. The van der Waals surface area contributed by atoms with Gasteiger partial charge in [-0.3, -0.25) is 24.6 Å². The van der Waals surface area contributed by atoms with Gasteiger partial charge in [-0.25, -0.2) is 0 Å². The van der Waals surface area contributed by atoms with Crippen LogP contribution in [0.2, 0.25) is 0 Å². The summed E-state index contributed by atoms with van der Waals surface area (Å²) in [6.07, 6.45) is 8.23. The molecule has 0 spiro atoms. The first-order chi connectivity index (χ1) is 17.5. The van der Waals surface area contributed by atoms with E-state index in [1.807, 2.05) is 18.2 Å². The third-order valence-corrected chi connectivity index (χ3v) is 9.18. The highest BCUT2D eigenvalue weighted by Gasteiger charge is 2.43. The zero-order valence-corrected chi connectivity index (χ0v) is 21.3. The Labute approximate surface area is 213 Å². The zero-order valence-electron chi connectivity index (χ0n) is 21.3. The Bertz CT molecular complexity index is 1040. The summed E-state index contributed by atoms with van der Waals surface area (Å²) in [6.45, 7) is 5.26. The van der Waals surface area contributed by atoms with Crippen LogP contribution in [-0.2, 0) is 16.1 Å². The zero-order chi connectivity index (χ0) is 24.8. The van der Waals surface area contributed by atoms with E-state index in [4.69, 9.17) is 4.74 Å². The molecule has 4 aliphatic heterocycles. The van der Waals surface area contributed by atoms with Crippen molar-refractivity contribution in [3.8, 4) is 5.75 Å². The molecule has 1 aromatic rings. The summed E-state index contributed by atoms with van der Waals surface area (Å²) in [6, 6.07) is 5.62. The molecular weight excluding hydrogens is 456 g/mol. The molecule has 5 aliphatic rings. The first-order valence-corrected chi connectivity index (χ1v) is 13.8. The van der Waals surface area contributed by atoms with Crippen LogP contribution in [0.15, 0.2) is 18.2 Å². The standard InChI is InChI=1S/C28H38N4O4/c1-30-12-4-5-18(14-30)20-15-31(16-20)23-6-2-3-7-25(23)36-21-8-9-22-19(13-21)17-32(28(22)35)24-10-11-26(33)29-27(24)34/h8-9,13,18,20,23-25H,2-7,10-12,14-17H2,1H3,(H,29,33,34)/t18?,23-,24?,25-/m0/s1. The lowest BCUT2D eigenvalue weighted by atomic mass is 9.78. The van der Waals surface area contributed by atoms with Gasteiger partial charge in [0.25, 0.3) is 5.91 Å². The van der Waals surface area contributed by atoms with E-state index in [0.29, 0.717) is 24.6 Å². The number of nitrogens with zero attached hydrogens (tertiary/aromatic N) is 3. The second-order valence-electron chi connectivity index (χ2n) is 11.6. The normalized spacial score (nSPS) is 32.2. The molecule has 194 valence electrons. The van der Waals surface area contributed by atoms with Gasteiger partial charge in [-0.2, -0.15) is 0 Å². The molecule has 1 aliphatic carbocycles. The first-order valence-electron chi connectivity index (χ1n) is 13.8. The van der Waals surface area contributed by atoms with Crippen molar-refractivity contribution in [2.45, 2.75) is 76.1 Å². The number of carbonyl (C=O) groups is 3. The maximum Gasteiger partial charge on any atom is 0.255 e. The summed E-state index contributed by atoms with van der Waals surface area (Å²) < 4.78 is 6.60. The number of carbonyl (C=O) groups excluding carboxylic acids is 3. The van der Waals surface area contributed by atoms with E-state index in [1.165, 1.54) is 58.3 Å². The fourth-order valence-electron chi connectivity index (χ4n) is 7.14. The minimum Gasteiger partial charge on any atom is -0.489 e. The van der Waals surface area contributed by atoms with E-state index in [1.54, 1.807) is 4.90 Å². The van der Waals surface area contributed by atoms with Crippen LogP contribution < -0.4 is 10.1 Å². The number of ether oxygens (including phenoxy) is 1. The van der Waals surface area contributed by atoms with Gasteiger partial charge < -0.3 is 14.5 Å². The molecule has 0 aromatic heterocycles. The molecule has 3 saturated heterocycles. The Hall–Kier alpha value is -2.45. The van der Waals surface area contributed by atoms with E-state index in [2.05, 4.69) is 22.2 Å². The maximum absolute atomic E-state index is 13.0. The molecule has 0 bridgehead atoms. The fourth-order valence-corrected chi connectivity index (χ4v) is 7.14. The van der Waals surface area contributed by atoms with Gasteiger partial charge in [0, 0.05) is 44.2 Å². The van der Waals surface area contributed by atoms with Crippen LogP contribution in [0.5, 0.6) is 5.75 Å². The first kappa shape index (κ1) is 23.9. The van der Waals surface area contributed by atoms with Crippen LogP contribution in [0.3, 0.4) is 0 Å². The predicted octanol–water partition coefficient (Wildman–Crippen LogP) is 2.41. The summed E-state index contributed by atoms with van der Waals surface area (Å²) in [5, 5.41) is 2.37. The third kappa shape index (κ3) is 4.54. The van der Waals surface area contributed by atoms with E-state index >= 15 is 0 Å². The van der Waals surface area contributed by atoms with Crippen LogP contribution in [-0.4, -0.2) is 83.8 Å². The average molecular weight is 495 g/mol. The molecule has 0 radical (unpaired) electrons. The molecule has 8 heteroatoms. The number of benzene rings is 1. The van der Waals surface area contributed by atoms with Crippen LogP contribution >= 0.6 is 0 Å². The van der Waals surface area contributed by atoms with Crippen LogP contribution in [0.1, 0.15) is 67.3 Å². The number of amides is 3. The van der Waals surface area contributed by atoms with Crippen molar-refractivity contribution in [3.05, 3.63) is 29.3 Å². The van der Waals surface area contributed by atoms with E-state index in [-0.39, 0.29) is 30.2 Å². The summed E-state index contributed by atoms with van der Waals surface area (Å²) in [5.41, 5.74) is 1.54. The van der Waals surface area contributed by atoms with Gasteiger partial charge >= 0.3 is 0 Å². The Balaban J connectivity index is 1.09. The number of likely N-dealkylation sites (tertiary alicyclic amines) is 2. The molecule has 4 fully saturated rings. The number of hydrogen-bond acceptors (Lipinski definition) is 6. The lowest BCUT2D eigenvalue weighted by molar-refractivity contribution is -0.136. The van der Waals surface area contributed by atoms with Crippen molar-refractivity contribution in [1.82, 2.24) is 20.0 Å². The highest BCUT2D eigenvalue weighted by atomic mass is 16.5. The maximum atomic E-state index is 13.0. The highest BCUT2D eigenvalue weighted by molar-refractivity contribution is 6.05. The van der Waals surface area contributed by atoms with Crippen molar-refractivity contribution < 1.29 is 19.1 Å². The van der Waals surface area contributed by atoms with E-state index in [0.717, 1.165) is 29.6 Å². The molecule has 1 N–H and O–H groups in total. The molecule has 1 aromatic carbocycles. The van der Waals surface area contributed by atoms with Crippen molar-refractivity contribution >= 4 is 17.7 Å². The van der Waals surface area contributed by atoms with Crippen molar-refractivity contribution in [2.24, 2.45) is 11.8 Å². The number of nitrogens with one attached hydrogen (secondary N) is 1. The second kappa shape index (κ2) is 9.78. The molecule has 2 unspecified atom stereocenters. The quantitative estimate of drug-likeness (QED) is 0.633. The number of hydrogen-bond donors (Lipinski definition) is 1. The lowest BCUT2D eigenvalue weighted by Crippen LogP contribution is -2.60. The van der Waals surface area contributed by atoms with Gasteiger partial charge in [0.2, 0.25) is 11.8 Å². The largest absolute Gasteiger partial charge is 0.489 e. The molecule has 6 rings (SSSR count). The van der Waals surface area contributed by atoms with Crippen LogP contribution in [0.4, 0.5) is 0 Å². The number of rotatable bonds is 5. The summed E-state index contributed by atoms with van der Waals surface area (Å²) in [7, 11) is 2.25. The third-order valence-electron chi connectivity index (χ3n) is 9.18. The van der Waals surface area contributed by atoms with Gasteiger partial charge in [0.15, 0.2) is 0 Å². The Kier molecular flexibility index (Phi) is 6.50. The van der Waals surface area contributed by atoms with E-state index in [9.17, 15) is 14.4 Å². The topological polar surface area (TPSA) is 82.2 Å². The van der Waals surface area contributed by atoms with E-state index < -0.39 is 6.04 Å². The lowest BCUT2D eigenvalue weighted by Gasteiger charge is -2.51. The molecule has 1 saturated carbocycles. The van der Waals surface area contributed by atoms with Gasteiger partial charge in [0.1, 0.15) is 17.9 Å². The van der Waals surface area contributed by atoms with Crippen LogP contribution in [0.25, 0.3) is 0 Å². The summed E-state index contributed by atoms with van der Waals surface area (Å²) in [5.74, 6) is 1.69. The van der Waals surface area contributed by atoms with Crippen molar-refractivity contribution in [1.29, 1.82) is 0 Å². The van der Waals surface area contributed by atoms with Crippen molar-refractivity contribution in [2.75, 3.05) is 33.2 Å². The minimum atomic E-state index is -0.585. The Morgan fingerprint density at radius 3 is 2.58 bits per heavy atom. The molecule has 4 atom stereocenters. The number of fused-ring (bicyclic) bond motifs is 1. The highest BCUT2D eigenvalue weighted by Crippen LogP contribution is 2.37. The summed E-state index contributed by atoms with van der Waals surface area (Å²) >= 11 is 0. The minimum absolute atomic E-state index is 0.137. The summed E-state index contributed by atoms with van der Waals surface area (Å²) in [4.78, 5) is 43.6. The Morgan fingerprint density at radius 1 is 0.944 bits per heavy atom. The molecule has 4 heterocycles. The molecular formula is C28H38N4O4. The molecule has 3 amide bonds. The van der Waals surface area contributed by atoms with Gasteiger partial charge in [-0.1, -0.05) is 6.42 Å². The predicted molar refractivity (Wildman–Crippen MR) is 134 cm³/mol. The second-order valence-corrected chi connectivity index (χ2v) is 11.6. The number of piperidine rings is 2. The van der Waals surface area contributed by atoms with Crippen molar-refractivity contribution in [3.63, 3.8) is 0 Å². The SMILES string of the molecule is CN1CCCC(C2CN([C@H]3CCCC[C@@H]3Oc3ccc4c(c3)CN(C3CCC(=O)NC3=O)C4=O)C2)C1. The monoisotopic (exact) mass is 494 g/mol. The molecule has 8 nitrogen and oxygen atoms in total. The van der Waals surface area contributed by atoms with Gasteiger partial charge in [0.05, 0.1) is 0 Å². The fraction of sp³-hybridized carbons (Fsp3) is 0.679. The average Bonchev–Trinajstić information content (AvgIpc) is 3.15. The number of imide groups is 1. The van der Waals surface area contributed by atoms with Crippen LogP contribution in [0, 0.1) is 11.8 Å². The van der Waals surface area contributed by atoms with Gasteiger partial charge in [-0.15, -0.1) is 0 Å². The smallest absolute Gasteiger partial charge is 0.255 e. The van der Waals surface area contributed by atoms with Gasteiger partial charge in [-0.05, 0) is 87.7 Å². The molecule has 36 heavy (non-hydrogen) atoms.